The maximum absolute atomic E-state index is 11.7. The number of benzene rings is 1. The zero-order valence-electron chi connectivity index (χ0n) is 11.8. The van der Waals surface area contributed by atoms with Crippen molar-refractivity contribution >= 4 is 33.2 Å². The number of carbonyl (C=O) groups is 1. The summed E-state index contributed by atoms with van der Waals surface area (Å²) in [6.07, 6.45) is 2.24. The molecular formula is C14H18N2O3S2. The van der Waals surface area contributed by atoms with Gasteiger partial charge in [-0.15, -0.1) is 0 Å². The van der Waals surface area contributed by atoms with E-state index in [0.29, 0.717) is 29.8 Å². The highest BCUT2D eigenvalue weighted by Crippen LogP contribution is 2.14. The molecule has 1 N–H and O–H groups in total. The molecule has 0 saturated heterocycles. The first kappa shape index (κ1) is 17.5. The highest BCUT2D eigenvalue weighted by atomic mass is 32.2. The average molecular weight is 326 g/mol. The Balaban J connectivity index is 2.25. The molecule has 0 fully saturated rings. The van der Waals surface area contributed by atoms with Gasteiger partial charge < -0.3 is 5.32 Å². The number of carbonyl (C=O) groups excluding carboxylic acids is 1. The number of amides is 1. The van der Waals surface area contributed by atoms with Crippen molar-refractivity contribution in [3.63, 3.8) is 0 Å². The molecule has 114 valence electrons. The number of nitrogens with zero attached hydrogens (tertiary/aromatic N) is 1. The van der Waals surface area contributed by atoms with Gasteiger partial charge in [0, 0.05) is 18.4 Å². The maximum Gasteiger partial charge on any atom is 0.224 e. The Bertz CT molecular complexity index is 621. The van der Waals surface area contributed by atoms with Gasteiger partial charge in [0.15, 0.2) is 0 Å². The highest BCUT2D eigenvalue weighted by molar-refractivity contribution is 8.00. The van der Waals surface area contributed by atoms with E-state index in [1.807, 2.05) is 6.07 Å². The zero-order chi connectivity index (χ0) is 15.7. The fourth-order valence-corrected chi connectivity index (χ4v) is 3.78. The van der Waals surface area contributed by atoms with Crippen molar-refractivity contribution < 1.29 is 13.2 Å². The molecule has 0 saturated carbocycles. The third kappa shape index (κ3) is 7.73. The zero-order valence-corrected chi connectivity index (χ0v) is 13.5. The number of para-hydroxylation sites is 1. The average Bonchev–Trinajstić information content (AvgIpc) is 2.42. The van der Waals surface area contributed by atoms with Crippen LogP contribution in [0.1, 0.15) is 18.4 Å². The molecule has 0 spiro atoms. The molecule has 0 aliphatic heterocycles. The second-order valence-electron chi connectivity index (χ2n) is 4.55. The first-order valence-corrected chi connectivity index (χ1v) is 9.68. The lowest BCUT2D eigenvalue weighted by Gasteiger charge is -2.06. The first-order valence-electron chi connectivity index (χ1n) is 6.47. The molecule has 0 aliphatic rings. The molecule has 1 aromatic carbocycles. The molecular weight excluding hydrogens is 308 g/mol. The van der Waals surface area contributed by atoms with E-state index < -0.39 is 9.84 Å². The van der Waals surface area contributed by atoms with Crippen molar-refractivity contribution in [3.8, 4) is 6.07 Å². The van der Waals surface area contributed by atoms with Crippen LogP contribution in [0.15, 0.2) is 24.3 Å². The van der Waals surface area contributed by atoms with Gasteiger partial charge in [-0.1, -0.05) is 12.1 Å². The number of hydrogen-bond acceptors (Lipinski definition) is 5. The van der Waals surface area contributed by atoms with Crippen molar-refractivity contribution in [2.45, 2.75) is 12.8 Å². The van der Waals surface area contributed by atoms with E-state index in [-0.39, 0.29) is 11.7 Å². The Kier molecular flexibility index (Phi) is 7.26. The number of nitrogens with one attached hydrogen (secondary N) is 1. The normalized spacial score (nSPS) is 10.9. The summed E-state index contributed by atoms with van der Waals surface area (Å²) in [7, 11) is -2.91. The van der Waals surface area contributed by atoms with Crippen molar-refractivity contribution in [2.24, 2.45) is 0 Å². The molecule has 0 aliphatic carbocycles. The lowest BCUT2D eigenvalue weighted by Crippen LogP contribution is -2.12. The third-order valence-electron chi connectivity index (χ3n) is 2.61. The highest BCUT2D eigenvalue weighted by Gasteiger charge is 2.06. The fraction of sp³-hybridized carbons (Fsp3) is 0.429. The lowest BCUT2D eigenvalue weighted by molar-refractivity contribution is -0.116. The first-order chi connectivity index (χ1) is 9.92. The van der Waals surface area contributed by atoms with Gasteiger partial charge in [-0.2, -0.15) is 17.0 Å². The van der Waals surface area contributed by atoms with Crippen LogP contribution in [0.25, 0.3) is 0 Å². The van der Waals surface area contributed by atoms with Gasteiger partial charge in [-0.05, 0) is 24.3 Å². The number of thioether (sulfide) groups is 1. The SMILES string of the molecule is CS(=O)(=O)CCSCCCC(=O)Nc1ccccc1C#N. The Labute approximate surface area is 129 Å². The molecule has 1 amide bonds. The molecule has 5 nitrogen and oxygen atoms in total. The van der Waals surface area contributed by atoms with Crippen LogP contribution in [0.2, 0.25) is 0 Å². The summed E-state index contributed by atoms with van der Waals surface area (Å²) in [4.78, 5) is 11.7. The smallest absolute Gasteiger partial charge is 0.224 e. The molecule has 0 bridgehead atoms. The van der Waals surface area contributed by atoms with Crippen molar-refractivity contribution in [1.82, 2.24) is 0 Å². The van der Waals surface area contributed by atoms with Crippen LogP contribution in [0, 0.1) is 11.3 Å². The summed E-state index contributed by atoms with van der Waals surface area (Å²) in [5.41, 5.74) is 0.961. The van der Waals surface area contributed by atoms with Crippen LogP contribution in [-0.4, -0.2) is 37.8 Å². The third-order valence-corrected chi connectivity index (χ3v) is 4.89. The standard InChI is InChI=1S/C14H18N2O3S2/c1-21(18,19)10-9-20-8-4-7-14(17)16-13-6-3-2-5-12(13)11-15/h2-3,5-6H,4,7-10H2,1H3,(H,16,17). The summed E-state index contributed by atoms with van der Waals surface area (Å²) >= 11 is 1.52. The summed E-state index contributed by atoms with van der Waals surface area (Å²) < 4.78 is 21.9. The van der Waals surface area contributed by atoms with Gasteiger partial charge in [0.25, 0.3) is 0 Å². The molecule has 0 radical (unpaired) electrons. The second-order valence-corrected chi connectivity index (χ2v) is 8.04. The maximum atomic E-state index is 11.7. The Morgan fingerprint density at radius 1 is 1.33 bits per heavy atom. The van der Waals surface area contributed by atoms with E-state index in [1.54, 1.807) is 24.3 Å². The summed E-state index contributed by atoms with van der Waals surface area (Å²) in [6, 6.07) is 8.87. The summed E-state index contributed by atoms with van der Waals surface area (Å²) in [5.74, 6) is 1.32. The Morgan fingerprint density at radius 3 is 2.71 bits per heavy atom. The van der Waals surface area contributed by atoms with E-state index in [1.165, 1.54) is 18.0 Å². The number of anilines is 1. The summed E-state index contributed by atoms with van der Waals surface area (Å²) in [6.45, 7) is 0. The minimum absolute atomic E-state index is 0.138. The molecule has 0 aromatic heterocycles. The van der Waals surface area contributed by atoms with Crippen LogP contribution < -0.4 is 5.32 Å². The monoisotopic (exact) mass is 326 g/mol. The van der Waals surface area contributed by atoms with E-state index in [9.17, 15) is 13.2 Å². The van der Waals surface area contributed by atoms with Crippen molar-refractivity contribution in [1.29, 1.82) is 5.26 Å². The van der Waals surface area contributed by atoms with Crippen LogP contribution >= 0.6 is 11.8 Å². The van der Waals surface area contributed by atoms with Crippen LogP contribution in [-0.2, 0) is 14.6 Å². The number of nitriles is 1. The van der Waals surface area contributed by atoms with E-state index >= 15 is 0 Å². The molecule has 21 heavy (non-hydrogen) atoms. The van der Waals surface area contributed by atoms with Crippen LogP contribution in [0.5, 0.6) is 0 Å². The summed E-state index contributed by atoms with van der Waals surface area (Å²) in [5, 5.41) is 11.6. The molecule has 7 heteroatoms. The quantitative estimate of drug-likeness (QED) is 0.739. The van der Waals surface area contributed by atoms with Crippen molar-refractivity contribution in [2.75, 3.05) is 28.8 Å². The lowest BCUT2D eigenvalue weighted by atomic mass is 10.2. The van der Waals surface area contributed by atoms with Gasteiger partial charge in [0.05, 0.1) is 17.0 Å². The molecule has 0 atom stereocenters. The van der Waals surface area contributed by atoms with E-state index in [2.05, 4.69) is 5.32 Å². The Morgan fingerprint density at radius 2 is 2.05 bits per heavy atom. The topological polar surface area (TPSA) is 87.0 Å². The number of sulfone groups is 1. The number of rotatable bonds is 8. The van der Waals surface area contributed by atoms with Gasteiger partial charge >= 0.3 is 0 Å². The minimum atomic E-state index is -2.91. The number of hydrogen-bond donors (Lipinski definition) is 1. The van der Waals surface area contributed by atoms with Crippen LogP contribution in [0.4, 0.5) is 5.69 Å². The van der Waals surface area contributed by atoms with Gasteiger partial charge in [-0.25, -0.2) is 8.42 Å². The van der Waals surface area contributed by atoms with Crippen molar-refractivity contribution in [3.05, 3.63) is 29.8 Å². The Hall–Kier alpha value is -1.52. The van der Waals surface area contributed by atoms with E-state index in [4.69, 9.17) is 5.26 Å². The second kappa shape index (κ2) is 8.70. The molecule has 1 aromatic rings. The minimum Gasteiger partial charge on any atom is -0.325 e. The van der Waals surface area contributed by atoms with Gasteiger partial charge in [0.1, 0.15) is 15.9 Å². The fourth-order valence-electron chi connectivity index (χ4n) is 1.55. The van der Waals surface area contributed by atoms with Crippen LogP contribution in [0.3, 0.4) is 0 Å². The molecule has 1 rings (SSSR count). The largest absolute Gasteiger partial charge is 0.325 e. The molecule has 0 unspecified atom stereocenters. The van der Waals surface area contributed by atoms with E-state index in [0.717, 1.165) is 5.75 Å². The van der Waals surface area contributed by atoms with Gasteiger partial charge in [-0.3, -0.25) is 4.79 Å². The van der Waals surface area contributed by atoms with Gasteiger partial charge in [0.2, 0.25) is 5.91 Å². The predicted molar refractivity (Wildman–Crippen MR) is 86.1 cm³/mol. The predicted octanol–water partition coefficient (Wildman–Crippen LogP) is 2.05. The molecule has 0 heterocycles.